The molecule has 1 unspecified atom stereocenters. The van der Waals surface area contributed by atoms with Gasteiger partial charge in [0, 0.05) is 5.69 Å². The molecule has 32 heavy (non-hydrogen) atoms. The minimum Gasteiger partial charge on any atom is -0.465 e. The van der Waals surface area contributed by atoms with Crippen LogP contribution in [0.2, 0.25) is 0 Å². The molecule has 4 amide bonds. The van der Waals surface area contributed by atoms with Gasteiger partial charge in [0.25, 0.3) is 5.91 Å². The van der Waals surface area contributed by atoms with Gasteiger partial charge in [-0.05, 0) is 47.7 Å². The van der Waals surface area contributed by atoms with E-state index in [-0.39, 0.29) is 5.41 Å². The second-order valence-corrected chi connectivity index (χ2v) is 8.89. The first-order valence-corrected chi connectivity index (χ1v) is 10.2. The van der Waals surface area contributed by atoms with Crippen molar-refractivity contribution in [2.75, 3.05) is 19.0 Å². The van der Waals surface area contributed by atoms with Crippen molar-refractivity contribution in [3.63, 3.8) is 0 Å². The van der Waals surface area contributed by atoms with Crippen LogP contribution in [0.1, 0.15) is 49.2 Å². The summed E-state index contributed by atoms with van der Waals surface area (Å²) in [5.74, 6) is -1.52. The first-order chi connectivity index (χ1) is 15.0. The molecule has 8 nitrogen and oxygen atoms in total. The third-order valence-electron chi connectivity index (χ3n) is 5.49. The smallest absolute Gasteiger partial charge is 0.337 e. The Hall–Kier alpha value is -3.68. The van der Waals surface area contributed by atoms with E-state index in [1.165, 1.54) is 31.4 Å². The Kier molecular flexibility index (Phi) is 6.07. The van der Waals surface area contributed by atoms with Crippen molar-refractivity contribution >= 4 is 29.5 Å². The number of carbonyl (C=O) groups is 4. The fraction of sp³-hybridized carbons (Fsp3) is 0.333. The standard InChI is InChI=1S/C24H27N3O5/c1-23(2,3)16-8-10-17(11-9-16)24(4)21(30)27(22(31)26-24)14-19(28)25-18-12-6-15(7-13-18)20(29)32-5/h6-13H,14H2,1-5H3,(H,25,28)(H,26,31). The van der Waals surface area contributed by atoms with Gasteiger partial charge < -0.3 is 15.4 Å². The molecule has 1 aliphatic heterocycles. The monoisotopic (exact) mass is 437 g/mol. The number of ether oxygens (including phenoxy) is 1. The molecule has 1 atom stereocenters. The molecule has 2 aromatic carbocycles. The molecule has 0 bridgehead atoms. The molecule has 1 heterocycles. The molecular weight excluding hydrogens is 410 g/mol. The molecule has 3 rings (SSSR count). The average Bonchev–Trinajstić information content (AvgIpc) is 2.97. The lowest BCUT2D eigenvalue weighted by Gasteiger charge is -2.24. The fourth-order valence-electron chi connectivity index (χ4n) is 3.49. The zero-order chi connectivity index (χ0) is 23.7. The molecule has 2 aromatic rings. The quantitative estimate of drug-likeness (QED) is 0.552. The zero-order valence-electron chi connectivity index (χ0n) is 18.8. The second kappa shape index (κ2) is 8.45. The summed E-state index contributed by atoms with van der Waals surface area (Å²) in [5, 5.41) is 5.33. The number of methoxy groups -OCH3 is 1. The lowest BCUT2D eigenvalue weighted by Crippen LogP contribution is -2.42. The number of carbonyl (C=O) groups excluding carboxylic acids is 4. The Labute approximate surface area is 186 Å². The van der Waals surface area contributed by atoms with Gasteiger partial charge in [-0.1, -0.05) is 45.0 Å². The van der Waals surface area contributed by atoms with Gasteiger partial charge in [-0.2, -0.15) is 0 Å². The number of esters is 1. The zero-order valence-corrected chi connectivity index (χ0v) is 18.8. The van der Waals surface area contributed by atoms with E-state index in [1.807, 2.05) is 24.3 Å². The Balaban J connectivity index is 1.70. The summed E-state index contributed by atoms with van der Waals surface area (Å²) < 4.78 is 4.63. The molecule has 8 heteroatoms. The molecule has 0 aliphatic carbocycles. The molecule has 168 valence electrons. The van der Waals surface area contributed by atoms with Crippen molar-refractivity contribution in [1.82, 2.24) is 10.2 Å². The van der Waals surface area contributed by atoms with Gasteiger partial charge in [-0.25, -0.2) is 9.59 Å². The lowest BCUT2D eigenvalue weighted by atomic mass is 9.84. The van der Waals surface area contributed by atoms with E-state index in [0.717, 1.165) is 10.5 Å². The molecule has 1 fully saturated rings. The van der Waals surface area contributed by atoms with Crippen LogP contribution >= 0.6 is 0 Å². The minimum absolute atomic E-state index is 0.0401. The number of hydrogen-bond donors (Lipinski definition) is 2. The number of amides is 4. The molecular formula is C24H27N3O5. The number of rotatable bonds is 5. The number of nitrogens with one attached hydrogen (secondary N) is 2. The van der Waals surface area contributed by atoms with Gasteiger partial charge in [0.15, 0.2) is 0 Å². The van der Waals surface area contributed by atoms with Gasteiger partial charge in [0.1, 0.15) is 12.1 Å². The van der Waals surface area contributed by atoms with Gasteiger partial charge >= 0.3 is 12.0 Å². The lowest BCUT2D eigenvalue weighted by molar-refractivity contribution is -0.133. The first kappa shape index (κ1) is 23.0. The molecule has 2 N–H and O–H groups in total. The summed E-state index contributed by atoms with van der Waals surface area (Å²) in [7, 11) is 1.28. The largest absolute Gasteiger partial charge is 0.465 e. The number of nitrogens with zero attached hydrogens (tertiary/aromatic N) is 1. The Morgan fingerprint density at radius 3 is 2.16 bits per heavy atom. The van der Waals surface area contributed by atoms with Crippen molar-refractivity contribution in [2.45, 2.75) is 38.6 Å². The van der Waals surface area contributed by atoms with E-state index in [4.69, 9.17) is 0 Å². The van der Waals surface area contributed by atoms with E-state index in [2.05, 4.69) is 36.1 Å². The Bertz CT molecular complexity index is 1050. The van der Waals surface area contributed by atoms with Gasteiger partial charge in [0.2, 0.25) is 5.91 Å². The molecule has 0 spiro atoms. The topological polar surface area (TPSA) is 105 Å². The SMILES string of the molecule is COC(=O)c1ccc(NC(=O)CN2C(=O)NC(C)(c3ccc(C(C)(C)C)cc3)C2=O)cc1. The normalized spacial score (nSPS) is 18.3. The third kappa shape index (κ3) is 4.49. The molecule has 1 aliphatic rings. The summed E-state index contributed by atoms with van der Waals surface area (Å²) in [5.41, 5.74) is 1.22. The summed E-state index contributed by atoms with van der Waals surface area (Å²) in [6, 6.07) is 13.0. The summed E-state index contributed by atoms with van der Waals surface area (Å²) in [6.45, 7) is 7.47. The number of urea groups is 1. The van der Waals surface area contributed by atoms with Crippen LogP contribution in [-0.2, 0) is 25.3 Å². The highest BCUT2D eigenvalue weighted by Crippen LogP contribution is 2.31. The van der Waals surface area contributed by atoms with E-state index < -0.39 is 35.9 Å². The number of hydrogen-bond acceptors (Lipinski definition) is 5. The fourth-order valence-corrected chi connectivity index (χ4v) is 3.49. The van der Waals surface area contributed by atoms with Crippen LogP contribution in [0.15, 0.2) is 48.5 Å². The first-order valence-electron chi connectivity index (χ1n) is 10.2. The Morgan fingerprint density at radius 2 is 1.62 bits per heavy atom. The molecule has 1 saturated heterocycles. The van der Waals surface area contributed by atoms with E-state index in [0.29, 0.717) is 16.8 Å². The maximum absolute atomic E-state index is 13.1. The highest BCUT2D eigenvalue weighted by molar-refractivity contribution is 6.10. The third-order valence-corrected chi connectivity index (χ3v) is 5.49. The highest BCUT2D eigenvalue weighted by atomic mass is 16.5. The van der Waals surface area contributed by atoms with Crippen molar-refractivity contribution in [3.8, 4) is 0 Å². The number of benzene rings is 2. The van der Waals surface area contributed by atoms with Crippen molar-refractivity contribution in [2.24, 2.45) is 0 Å². The molecule has 0 aromatic heterocycles. The predicted molar refractivity (Wildman–Crippen MR) is 119 cm³/mol. The van der Waals surface area contributed by atoms with E-state index in [9.17, 15) is 19.2 Å². The average molecular weight is 437 g/mol. The van der Waals surface area contributed by atoms with Crippen LogP contribution < -0.4 is 10.6 Å². The molecule has 0 saturated carbocycles. The van der Waals surface area contributed by atoms with Crippen molar-refractivity contribution in [1.29, 1.82) is 0 Å². The van der Waals surface area contributed by atoms with Crippen LogP contribution in [0.25, 0.3) is 0 Å². The van der Waals surface area contributed by atoms with Crippen LogP contribution in [0.3, 0.4) is 0 Å². The maximum Gasteiger partial charge on any atom is 0.337 e. The van der Waals surface area contributed by atoms with E-state index >= 15 is 0 Å². The van der Waals surface area contributed by atoms with Gasteiger partial charge in [0.05, 0.1) is 12.7 Å². The van der Waals surface area contributed by atoms with Gasteiger partial charge in [-0.15, -0.1) is 0 Å². The maximum atomic E-state index is 13.1. The van der Waals surface area contributed by atoms with Crippen LogP contribution in [0.4, 0.5) is 10.5 Å². The number of anilines is 1. The van der Waals surface area contributed by atoms with E-state index in [1.54, 1.807) is 6.92 Å². The van der Waals surface area contributed by atoms with Gasteiger partial charge in [-0.3, -0.25) is 14.5 Å². The summed E-state index contributed by atoms with van der Waals surface area (Å²) >= 11 is 0. The predicted octanol–water partition coefficient (Wildman–Crippen LogP) is 3.18. The van der Waals surface area contributed by atoms with Crippen LogP contribution in [-0.4, -0.2) is 42.4 Å². The van der Waals surface area contributed by atoms with Crippen molar-refractivity contribution < 1.29 is 23.9 Å². The van der Waals surface area contributed by atoms with Crippen molar-refractivity contribution in [3.05, 3.63) is 65.2 Å². The van der Waals surface area contributed by atoms with Crippen LogP contribution in [0, 0.1) is 0 Å². The second-order valence-electron chi connectivity index (χ2n) is 8.89. The summed E-state index contributed by atoms with van der Waals surface area (Å²) in [6.07, 6.45) is 0. The number of imide groups is 1. The molecule has 0 radical (unpaired) electrons. The summed E-state index contributed by atoms with van der Waals surface area (Å²) in [4.78, 5) is 50.4. The van der Waals surface area contributed by atoms with Crippen LogP contribution in [0.5, 0.6) is 0 Å². The minimum atomic E-state index is -1.25. The Morgan fingerprint density at radius 1 is 1.03 bits per heavy atom. The highest BCUT2D eigenvalue weighted by Gasteiger charge is 2.49.